The van der Waals surface area contributed by atoms with Gasteiger partial charge in [-0.05, 0) is 36.8 Å². The molecule has 2 N–H and O–H groups in total. The van der Waals surface area contributed by atoms with Crippen molar-refractivity contribution in [1.82, 2.24) is 14.8 Å². The molecule has 1 aliphatic rings. The molecule has 7 heteroatoms. The van der Waals surface area contributed by atoms with Gasteiger partial charge in [0.2, 0.25) is 5.91 Å². The number of hydrogen-bond acceptors (Lipinski definition) is 3. The predicted molar refractivity (Wildman–Crippen MR) is 106 cm³/mol. The van der Waals surface area contributed by atoms with Crippen LogP contribution in [-0.4, -0.2) is 33.9 Å². The highest BCUT2D eigenvalue weighted by Crippen LogP contribution is 2.21. The molecule has 1 aromatic heterocycles. The number of anilines is 1. The van der Waals surface area contributed by atoms with E-state index >= 15 is 0 Å². The van der Waals surface area contributed by atoms with Crippen molar-refractivity contribution in [3.8, 4) is 0 Å². The number of urea groups is 1. The molecule has 2 aromatic carbocycles. The minimum absolute atomic E-state index is 0.0246. The van der Waals surface area contributed by atoms with E-state index < -0.39 is 6.03 Å². The second-order valence-electron chi connectivity index (χ2n) is 6.63. The van der Waals surface area contributed by atoms with Crippen LogP contribution < -0.4 is 10.6 Å². The maximum Gasteiger partial charge on any atom is 0.324 e. The normalized spacial score (nSPS) is 13.8. The van der Waals surface area contributed by atoms with Crippen molar-refractivity contribution in [2.75, 3.05) is 11.9 Å². The van der Waals surface area contributed by atoms with Crippen LogP contribution in [0.4, 0.5) is 10.5 Å². The van der Waals surface area contributed by atoms with Crippen molar-refractivity contribution in [3.05, 3.63) is 65.9 Å². The first kappa shape index (κ1) is 17.8. The molecule has 3 aromatic rings. The lowest BCUT2D eigenvalue weighted by atomic mass is 10.2. The molecule has 1 fully saturated rings. The number of aryl methyl sites for hydroxylation is 1. The Balaban J connectivity index is 1.55. The summed E-state index contributed by atoms with van der Waals surface area (Å²) in [5.41, 5.74) is 2.98. The molecular formula is C21H20N4O3. The van der Waals surface area contributed by atoms with Crippen molar-refractivity contribution >= 4 is 34.4 Å². The first-order valence-electron chi connectivity index (χ1n) is 9.13. The van der Waals surface area contributed by atoms with Crippen LogP contribution >= 0.6 is 0 Å². The number of para-hydroxylation sites is 1. The van der Waals surface area contributed by atoms with Crippen molar-refractivity contribution in [1.29, 1.82) is 0 Å². The van der Waals surface area contributed by atoms with Gasteiger partial charge in [0.1, 0.15) is 5.69 Å². The van der Waals surface area contributed by atoms with Crippen molar-refractivity contribution in [2.24, 2.45) is 0 Å². The first-order chi connectivity index (χ1) is 13.6. The highest BCUT2D eigenvalue weighted by Gasteiger charge is 2.28. The lowest BCUT2D eigenvalue weighted by molar-refractivity contribution is -0.125. The average Bonchev–Trinajstić information content (AvgIpc) is 3.23. The number of rotatable bonds is 5. The standard InChI is InChI=1S/C21H20N4O3/c1-2-24-17-9-4-3-7-15(17)11-18(24)20(27)23-16-8-5-6-14(10-16)13-25-19(26)12-22-21(25)28/h3-11H,2,12-13H2,1H3,(H,22,28)(H,23,27). The Morgan fingerprint density at radius 1 is 1.11 bits per heavy atom. The number of carbonyl (C=O) groups excluding carboxylic acids is 3. The van der Waals surface area contributed by atoms with Crippen LogP contribution in [0.1, 0.15) is 23.0 Å². The van der Waals surface area contributed by atoms with E-state index in [2.05, 4.69) is 10.6 Å². The van der Waals surface area contributed by atoms with Crippen molar-refractivity contribution < 1.29 is 14.4 Å². The molecule has 1 aliphatic heterocycles. The summed E-state index contributed by atoms with van der Waals surface area (Å²) in [5.74, 6) is -0.461. The average molecular weight is 376 g/mol. The van der Waals surface area contributed by atoms with Crippen LogP contribution in [0, 0.1) is 0 Å². The Morgan fingerprint density at radius 2 is 1.93 bits per heavy atom. The molecule has 4 amide bonds. The van der Waals surface area contributed by atoms with E-state index in [4.69, 9.17) is 0 Å². The smallest absolute Gasteiger partial charge is 0.324 e. The number of amides is 4. The fraction of sp³-hybridized carbons (Fsp3) is 0.190. The van der Waals surface area contributed by atoms with Gasteiger partial charge in [-0.3, -0.25) is 14.5 Å². The van der Waals surface area contributed by atoms with Gasteiger partial charge in [0.05, 0.1) is 13.1 Å². The molecule has 4 rings (SSSR count). The van der Waals surface area contributed by atoms with Gasteiger partial charge in [0, 0.05) is 23.1 Å². The van der Waals surface area contributed by atoms with E-state index in [9.17, 15) is 14.4 Å². The van der Waals surface area contributed by atoms with E-state index in [0.29, 0.717) is 17.9 Å². The van der Waals surface area contributed by atoms with Gasteiger partial charge in [0.25, 0.3) is 5.91 Å². The molecule has 0 unspecified atom stereocenters. The minimum atomic E-state index is -0.396. The zero-order valence-electron chi connectivity index (χ0n) is 15.4. The molecule has 0 atom stereocenters. The van der Waals surface area contributed by atoms with Crippen molar-refractivity contribution in [2.45, 2.75) is 20.0 Å². The van der Waals surface area contributed by atoms with E-state index in [-0.39, 0.29) is 24.9 Å². The van der Waals surface area contributed by atoms with Crippen LogP contribution in [0.5, 0.6) is 0 Å². The molecule has 28 heavy (non-hydrogen) atoms. The number of benzene rings is 2. The van der Waals surface area contributed by atoms with E-state index in [0.717, 1.165) is 21.4 Å². The van der Waals surface area contributed by atoms with Crippen LogP contribution in [0.2, 0.25) is 0 Å². The van der Waals surface area contributed by atoms with Gasteiger partial charge < -0.3 is 15.2 Å². The van der Waals surface area contributed by atoms with Crippen molar-refractivity contribution in [3.63, 3.8) is 0 Å². The molecule has 142 valence electrons. The Kier molecular flexibility index (Phi) is 4.57. The highest BCUT2D eigenvalue weighted by molar-refractivity contribution is 6.06. The van der Waals surface area contributed by atoms with Crippen LogP contribution in [0.25, 0.3) is 10.9 Å². The van der Waals surface area contributed by atoms with Gasteiger partial charge in [-0.25, -0.2) is 4.79 Å². The summed E-state index contributed by atoms with van der Waals surface area (Å²) in [6.45, 7) is 2.88. The molecular weight excluding hydrogens is 356 g/mol. The van der Waals surface area contributed by atoms with Gasteiger partial charge in [0.15, 0.2) is 0 Å². The molecule has 0 radical (unpaired) electrons. The minimum Gasteiger partial charge on any atom is -0.337 e. The molecule has 0 aliphatic carbocycles. The number of fused-ring (bicyclic) bond motifs is 1. The number of nitrogens with zero attached hydrogens (tertiary/aromatic N) is 2. The largest absolute Gasteiger partial charge is 0.337 e. The third kappa shape index (κ3) is 3.22. The Labute approximate surface area is 161 Å². The predicted octanol–water partition coefficient (Wildman–Crippen LogP) is 2.97. The Morgan fingerprint density at radius 3 is 2.68 bits per heavy atom. The summed E-state index contributed by atoms with van der Waals surface area (Å²) >= 11 is 0. The number of hydrogen-bond donors (Lipinski definition) is 2. The van der Waals surface area contributed by atoms with E-state index in [1.807, 2.05) is 47.9 Å². The lowest BCUT2D eigenvalue weighted by Gasteiger charge is -2.14. The zero-order valence-corrected chi connectivity index (χ0v) is 15.4. The fourth-order valence-electron chi connectivity index (χ4n) is 3.48. The van der Waals surface area contributed by atoms with Crippen LogP contribution in [0.3, 0.4) is 0 Å². The summed E-state index contributed by atoms with van der Waals surface area (Å²) in [7, 11) is 0. The van der Waals surface area contributed by atoms with E-state index in [1.54, 1.807) is 18.2 Å². The third-order valence-corrected chi connectivity index (χ3v) is 4.82. The number of nitrogens with one attached hydrogen (secondary N) is 2. The molecule has 1 saturated heterocycles. The van der Waals surface area contributed by atoms with E-state index in [1.165, 1.54) is 0 Å². The summed E-state index contributed by atoms with van der Waals surface area (Å²) in [6, 6.07) is 16.5. The second kappa shape index (κ2) is 7.19. The van der Waals surface area contributed by atoms with Gasteiger partial charge in [-0.2, -0.15) is 0 Å². The highest BCUT2D eigenvalue weighted by atomic mass is 16.2. The lowest BCUT2D eigenvalue weighted by Crippen LogP contribution is -2.30. The van der Waals surface area contributed by atoms with Gasteiger partial charge in [-0.1, -0.05) is 30.3 Å². The molecule has 0 spiro atoms. The number of aromatic nitrogens is 1. The van der Waals surface area contributed by atoms with Gasteiger partial charge >= 0.3 is 6.03 Å². The SMILES string of the molecule is CCn1c(C(=O)Nc2cccc(CN3C(=O)CNC3=O)c2)cc2ccccc21. The summed E-state index contributed by atoms with van der Waals surface area (Å²) in [5, 5.41) is 6.43. The monoisotopic (exact) mass is 376 g/mol. The molecule has 2 heterocycles. The molecule has 0 saturated carbocycles. The topological polar surface area (TPSA) is 83.4 Å². The third-order valence-electron chi connectivity index (χ3n) is 4.82. The summed E-state index contributed by atoms with van der Waals surface area (Å²) < 4.78 is 1.97. The number of imide groups is 1. The zero-order chi connectivity index (χ0) is 19.7. The number of carbonyl (C=O) groups is 3. The summed E-state index contributed by atoms with van der Waals surface area (Å²) in [4.78, 5) is 37.5. The first-order valence-corrected chi connectivity index (χ1v) is 9.13. The molecule has 0 bridgehead atoms. The summed E-state index contributed by atoms with van der Waals surface area (Å²) in [6.07, 6.45) is 0. The van der Waals surface area contributed by atoms with Gasteiger partial charge in [-0.15, -0.1) is 0 Å². The van der Waals surface area contributed by atoms with Crippen LogP contribution in [-0.2, 0) is 17.9 Å². The maximum atomic E-state index is 12.9. The fourth-order valence-corrected chi connectivity index (χ4v) is 3.48. The quantitative estimate of drug-likeness (QED) is 0.672. The van der Waals surface area contributed by atoms with Crippen LogP contribution in [0.15, 0.2) is 54.6 Å². The Hall–Kier alpha value is -3.61. The molecule has 7 nitrogen and oxygen atoms in total. The second-order valence-corrected chi connectivity index (χ2v) is 6.63. The Bertz CT molecular complexity index is 1070. The maximum absolute atomic E-state index is 12.9.